The van der Waals surface area contributed by atoms with Crippen LogP contribution < -0.4 is 24.7 Å². The Kier molecular flexibility index (Phi) is 6.07. The van der Waals surface area contributed by atoms with Crippen LogP contribution in [0.15, 0.2) is 6.07 Å². The molecule has 1 fully saturated rings. The smallest absolute Gasteiger partial charge is 0.231 e. The number of methoxy groups -OCH3 is 2. The van der Waals surface area contributed by atoms with Crippen molar-refractivity contribution in [1.29, 1.82) is 5.26 Å². The number of fused-ring (bicyclic) bond motifs is 9. The number of benzene rings is 2. The number of phenols is 1. The van der Waals surface area contributed by atoms with Crippen molar-refractivity contribution in [2.24, 2.45) is 5.73 Å². The molecule has 10 nitrogen and oxygen atoms in total. The average molecular weight is 523 g/mol. The molecule has 2 unspecified atom stereocenters. The van der Waals surface area contributed by atoms with Crippen LogP contribution in [0.5, 0.6) is 28.7 Å². The molecule has 0 saturated carbocycles. The number of nitriles is 1. The molecule has 2 aromatic rings. The van der Waals surface area contributed by atoms with Crippen molar-refractivity contribution < 1.29 is 28.8 Å². The Morgan fingerprint density at radius 3 is 2.58 bits per heavy atom. The standard InChI is InChI=1S/C28H34N4O6/c1-13-6-15-7-17-19(9-29)32-18(23(31(17)3)21(15)27(25(13)35-5)36-11-34-4)8-16-22(20(32)10-30)28-26(37-12-38-28)14(2)24(16)33/h6,17-20,23,33H,7-8,10-12,30H2,1-5H3/t17-,18?,19?,20-,23-/m0/s1. The van der Waals surface area contributed by atoms with Crippen LogP contribution in [0.4, 0.5) is 0 Å². The van der Waals surface area contributed by atoms with E-state index >= 15 is 0 Å². The van der Waals surface area contributed by atoms with Gasteiger partial charge in [-0.2, -0.15) is 5.26 Å². The first-order valence-electron chi connectivity index (χ1n) is 12.9. The highest BCUT2D eigenvalue weighted by molar-refractivity contribution is 5.66. The van der Waals surface area contributed by atoms with Crippen molar-refractivity contribution >= 4 is 0 Å². The molecule has 202 valence electrons. The summed E-state index contributed by atoms with van der Waals surface area (Å²) in [5.74, 6) is 2.73. The van der Waals surface area contributed by atoms with Crippen LogP contribution in [-0.2, 0) is 17.6 Å². The number of ether oxygens (including phenoxy) is 5. The minimum absolute atomic E-state index is 0.0586. The lowest BCUT2D eigenvalue weighted by Crippen LogP contribution is -2.68. The molecule has 2 aromatic carbocycles. The van der Waals surface area contributed by atoms with E-state index in [0.29, 0.717) is 41.4 Å². The summed E-state index contributed by atoms with van der Waals surface area (Å²) in [7, 11) is 5.31. The van der Waals surface area contributed by atoms with E-state index in [1.165, 1.54) is 0 Å². The lowest BCUT2D eigenvalue weighted by Gasteiger charge is -2.60. The maximum atomic E-state index is 11.4. The predicted octanol–water partition coefficient (Wildman–Crippen LogP) is 2.46. The van der Waals surface area contributed by atoms with Crippen molar-refractivity contribution in [3.63, 3.8) is 0 Å². The molecule has 0 aliphatic carbocycles. The molecule has 2 bridgehead atoms. The molecule has 0 amide bonds. The van der Waals surface area contributed by atoms with E-state index in [9.17, 15) is 10.4 Å². The molecule has 0 radical (unpaired) electrons. The number of nitrogens with zero attached hydrogens (tertiary/aromatic N) is 3. The Bertz CT molecular complexity index is 1340. The molecule has 6 rings (SSSR count). The monoisotopic (exact) mass is 522 g/mol. The van der Waals surface area contributed by atoms with Crippen LogP contribution in [0.3, 0.4) is 0 Å². The molecule has 0 spiro atoms. The fourth-order valence-electron chi connectivity index (χ4n) is 7.31. The second-order valence-corrected chi connectivity index (χ2v) is 10.5. The van der Waals surface area contributed by atoms with E-state index in [2.05, 4.69) is 29.0 Å². The highest BCUT2D eigenvalue weighted by atomic mass is 16.7. The van der Waals surface area contributed by atoms with Gasteiger partial charge in [0.15, 0.2) is 29.8 Å². The molecule has 3 N–H and O–H groups in total. The maximum Gasteiger partial charge on any atom is 0.231 e. The Morgan fingerprint density at radius 1 is 1.13 bits per heavy atom. The number of rotatable bonds is 5. The Morgan fingerprint density at radius 2 is 1.89 bits per heavy atom. The van der Waals surface area contributed by atoms with Crippen LogP contribution >= 0.6 is 0 Å². The van der Waals surface area contributed by atoms with Crippen molar-refractivity contribution in [3.8, 4) is 34.8 Å². The number of aromatic hydroxyl groups is 1. The van der Waals surface area contributed by atoms with Crippen LogP contribution in [0, 0.1) is 25.2 Å². The van der Waals surface area contributed by atoms with Gasteiger partial charge < -0.3 is 34.5 Å². The zero-order valence-electron chi connectivity index (χ0n) is 22.4. The summed E-state index contributed by atoms with van der Waals surface area (Å²) >= 11 is 0. The summed E-state index contributed by atoms with van der Waals surface area (Å²) in [5.41, 5.74) is 11.9. The number of phenolic OH excluding ortho intramolecular Hbond substituents is 1. The summed E-state index contributed by atoms with van der Waals surface area (Å²) in [6, 6.07) is 3.67. The second kappa shape index (κ2) is 9.20. The third-order valence-electron chi connectivity index (χ3n) is 8.82. The van der Waals surface area contributed by atoms with Gasteiger partial charge in [0, 0.05) is 48.0 Å². The third kappa shape index (κ3) is 3.26. The minimum Gasteiger partial charge on any atom is -0.507 e. The van der Waals surface area contributed by atoms with E-state index in [0.717, 1.165) is 27.8 Å². The zero-order chi connectivity index (χ0) is 26.9. The molecule has 0 aromatic heterocycles. The first-order chi connectivity index (χ1) is 18.4. The minimum atomic E-state index is -0.414. The van der Waals surface area contributed by atoms with Gasteiger partial charge in [-0.3, -0.25) is 9.80 Å². The van der Waals surface area contributed by atoms with E-state index in [4.69, 9.17) is 29.4 Å². The molecule has 4 aliphatic heterocycles. The fourth-order valence-corrected chi connectivity index (χ4v) is 7.31. The number of hydrogen-bond donors (Lipinski definition) is 2. The van der Waals surface area contributed by atoms with E-state index in [1.54, 1.807) is 14.2 Å². The van der Waals surface area contributed by atoms with Gasteiger partial charge in [0.25, 0.3) is 0 Å². The summed E-state index contributed by atoms with van der Waals surface area (Å²) in [4.78, 5) is 4.55. The van der Waals surface area contributed by atoms with Gasteiger partial charge in [-0.25, -0.2) is 0 Å². The van der Waals surface area contributed by atoms with Crippen molar-refractivity contribution in [2.75, 3.05) is 41.4 Å². The third-order valence-corrected chi connectivity index (χ3v) is 8.82. The summed E-state index contributed by atoms with van der Waals surface area (Å²) in [5, 5.41) is 21.9. The van der Waals surface area contributed by atoms with Crippen LogP contribution in [0.2, 0.25) is 0 Å². The Labute approximate surface area is 222 Å². The topological polar surface area (TPSA) is 123 Å². The van der Waals surface area contributed by atoms with Crippen LogP contribution in [0.1, 0.15) is 45.5 Å². The van der Waals surface area contributed by atoms with E-state index in [1.807, 2.05) is 13.8 Å². The molecule has 4 aliphatic rings. The average Bonchev–Trinajstić information content (AvgIpc) is 3.40. The van der Waals surface area contributed by atoms with Gasteiger partial charge in [0.2, 0.25) is 6.79 Å². The number of aryl methyl sites for hydroxylation is 1. The maximum absolute atomic E-state index is 11.4. The normalized spacial score (nSPS) is 27.2. The van der Waals surface area contributed by atoms with Gasteiger partial charge in [-0.1, -0.05) is 6.07 Å². The predicted molar refractivity (Wildman–Crippen MR) is 138 cm³/mol. The van der Waals surface area contributed by atoms with Gasteiger partial charge >= 0.3 is 0 Å². The SMILES string of the molecule is COCOc1c(OC)c(C)cc2c1[C@@H]1C3Cc4c(O)c(C)c5c(c4[C@H](CN)N3C(C#N)[C@H](C2)N1C)OCO5. The number of nitrogens with two attached hydrogens (primary N) is 1. The number of piperazine rings is 1. The van der Waals surface area contributed by atoms with Gasteiger partial charge in [-0.15, -0.1) is 0 Å². The Balaban J connectivity index is 1.60. The van der Waals surface area contributed by atoms with Gasteiger partial charge in [0.05, 0.1) is 25.3 Å². The molecular weight excluding hydrogens is 488 g/mol. The first kappa shape index (κ1) is 25.1. The highest BCUT2D eigenvalue weighted by Gasteiger charge is 2.56. The van der Waals surface area contributed by atoms with Crippen molar-refractivity contribution in [2.45, 2.75) is 56.9 Å². The first-order valence-corrected chi connectivity index (χ1v) is 12.9. The molecule has 1 saturated heterocycles. The summed E-state index contributed by atoms with van der Waals surface area (Å²) in [6.07, 6.45) is 1.19. The van der Waals surface area contributed by atoms with Crippen molar-refractivity contribution in [3.05, 3.63) is 39.4 Å². The molecule has 38 heavy (non-hydrogen) atoms. The molecule has 4 heterocycles. The lowest BCUT2D eigenvalue weighted by atomic mass is 9.71. The molecule has 10 heteroatoms. The lowest BCUT2D eigenvalue weighted by molar-refractivity contribution is -0.0719. The largest absolute Gasteiger partial charge is 0.507 e. The number of hydrogen-bond acceptors (Lipinski definition) is 10. The molecule has 5 atom stereocenters. The van der Waals surface area contributed by atoms with Crippen LogP contribution in [-0.4, -0.2) is 74.4 Å². The van der Waals surface area contributed by atoms with Gasteiger partial charge in [0.1, 0.15) is 11.8 Å². The summed E-state index contributed by atoms with van der Waals surface area (Å²) in [6.45, 7) is 4.29. The van der Waals surface area contributed by atoms with Gasteiger partial charge in [-0.05, 0) is 44.9 Å². The number of likely N-dealkylation sites (N-methyl/N-ethyl adjacent to an activating group) is 1. The fraction of sp³-hybridized carbons (Fsp3) is 0.536. The van der Waals surface area contributed by atoms with E-state index < -0.39 is 6.04 Å². The second-order valence-electron chi connectivity index (χ2n) is 10.5. The Hall–Kier alpha value is -3.23. The highest BCUT2D eigenvalue weighted by Crippen LogP contribution is 2.58. The zero-order valence-corrected chi connectivity index (χ0v) is 22.4. The molecular formula is C28H34N4O6. The van der Waals surface area contributed by atoms with E-state index in [-0.39, 0.29) is 50.0 Å². The van der Waals surface area contributed by atoms with Crippen LogP contribution in [0.25, 0.3) is 0 Å². The summed E-state index contributed by atoms with van der Waals surface area (Å²) < 4.78 is 28.9. The quantitative estimate of drug-likeness (QED) is 0.566. The van der Waals surface area contributed by atoms with Crippen molar-refractivity contribution in [1.82, 2.24) is 9.80 Å².